The van der Waals surface area contributed by atoms with Crippen molar-refractivity contribution in [1.29, 1.82) is 0 Å². The number of thioether (sulfide) groups is 1. The Morgan fingerprint density at radius 2 is 1.88 bits per heavy atom. The number of rotatable bonds is 6. The molecule has 0 bridgehead atoms. The number of hydrogen-bond acceptors (Lipinski definition) is 5. The molecule has 1 amide bonds. The number of carbonyl (C=O) groups is 1. The first-order chi connectivity index (χ1) is 11.3. The van der Waals surface area contributed by atoms with E-state index < -0.39 is 0 Å². The summed E-state index contributed by atoms with van der Waals surface area (Å²) in [5.74, 6) is 0.418. The number of carbonyl (C=O) groups excluding carboxylic acids is 1. The SMILES string of the molecule is Cc1ccc(-n2nnnc2SCC(=O)N(C(C)C)C(C)C)c(C)c1. The molecular formula is C17H25N5OS. The lowest BCUT2D eigenvalue weighted by molar-refractivity contribution is -0.131. The first-order valence-electron chi connectivity index (χ1n) is 8.11. The van der Waals surface area contributed by atoms with Crippen LogP contribution in [-0.4, -0.2) is 48.9 Å². The van der Waals surface area contributed by atoms with Gasteiger partial charge in [-0.25, -0.2) is 0 Å². The van der Waals surface area contributed by atoms with E-state index in [0.717, 1.165) is 11.3 Å². The number of amides is 1. The van der Waals surface area contributed by atoms with E-state index in [9.17, 15) is 4.79 Å². The molecule has 0 N–H and O–H groups in total. The molecule has 1 aromatic heterocycles. The number of aryl methyl sites for hydroxylation is 2. The minimum Gasteiger partial charge on any atom is -0.337 e. The molecule has 0 saturated heterocycles. The molecular weight excluding hydrogens is 322 g/mol. The molecule has 2 aromatic rings. The van der Waals surface area contributed by atoms with Crippen molar-refractivity contribution < 1.29 is 4.79 Å². The quantitative estimate of drug-likeness (QED) is 0.752. The standard InChI is InChI=1S/C17H25N5OS/c1-11(2)21(12(3)4)16(23)10-24-17-18-19-20-22(17)15-8-7-13(5)9-14(15)6/h7-9,11-12H,10H2,1-6H3. The van der Waals surface area contributed by atoms with Crippen LogP contribution in [0.5, 0.6) is 0 Å². The number of nitrogens with zero attached hydrogens (tertiary/aromatic N) is 5. The summed E-state index contributed by atoms with van der Waals surface area (Å²) >= 11 is 1.37. The maximum Gasteiger partial charge on any atom is 0.233 e. The number of tetrazole rings is 1. The lowest BCUT2D eigenvalue weighted by Crippen LogP contribution is -2.43. The molecule has 0 unspecified atom stereocenters. The van der Waals surface area contributed by atoms with Gasteiger partial charge in [0.05, 0.1) is 11.4 Å². The molecule has 1 heterocycles. The van der Waals surface area contributed by atoms with E-state index in [1.807, 2.05) is 51.7 Å². The molecule has 6 nitrogen and oxygen atoms in total. The molecule has 0 spiro atoms. The van der Waals surface area contributed by atoms with Gasteiger partial charge in [0.25, 0.3) is 0 Å². The highest BCUT2D eigenvalue weighted by atomic mass is 32.2. The van der Waals surface area contributed by atoms with Gasteiger partial charge in [-0.05, 0) is 63.6 Å². The Morgan fingerprint density at radius 1 is 1.21 bits per heavy atom. The highest BCUT2D eigenvalue weighted by molar-refractivity contribution is 7.99. The topological polar surface area (TPSA) is 63.9 Å². The fourth-order valence-electron chi connectivity index (χ4n) is 2.84. The van der Waals surface area contributed by atoms with Crippen molar-refractivity contribution >= 4 is 17.7 Å². The molecule has 0 aliphatic heterocycles. The zero-order chi connectivity index (χ0) is 17.9. The van der Waals surface area contributed by atoms with Crippen LogP contribution >= 0.6 is 11.8 Å². The van der Waals surface area contributed by atoms with Crippen LogP contribution in [0.4, 0.5) is 0 Å². The number of aromatic nitrogens is 4. The highest BCUT2D eigenvalue weighted by Crippen LogP contribution is 2.22. The van der Waals surface area contributed by atoms with Gasteiger partial charge in [-0.3, -0.25) is 4.79 Å². The van der Waals surface area contributed by atoms with Gasteiger partial charge in [-0.15, -0.1) is 5.10 Å². The molecule has 0 atom stereocenters. The Hall–Kier alpha value is -1.89. The summed E-state index contributed by atoms with van der Waals surface area (Å²) in [6.45, 7) is 12.2. The van der Waals surface area contributed by atoms with Crippen LogP contribution in [0.15, 0.2) is 23.4 Å². The minimum absolute atomic E-state index is 0.0974. The van der Waals surface area contributed by atoms with Crippen LogP contribution in [0.25, 0.3) is 5.69 Å². The largest absolute Gasteiger partial charge is 0.337 e. The molecule has 0 fully saturated rings. The summed E-state index contributed by atoms with van der Waals surface area (Å²) in [5, 5.41) is 12.6. The maximum atomic E-state index is 12.5. The molecule has 0 radical (unpaired) electrons. The number of hydrogen-bond donors (Lipinski definition) is 0. The summed E-state index contributed by atoms with van der Waals surface area (Å²) in [6.07, 6.45) is 0. The van der Waals surface area contributed by atoms with Crippen LogP contribution in [0.2, 0.25) is 0 Å². The number of benzene rings is 1. The Labute approximate surface area is 147 Å². The normalized spacial score (nSPS) is 11.3. The van der Waals surface area contributed by atoms with Crippen molar-refractivity contribution in [3.8, 4) is 5.69 Å². The van der Waals surface area contributed by atoms with Crippen molar-refractivity contribution in [3.05, 3.63) is 29.3 Å². The predicted molar refractivity (Wildman–Crippen MR) is 96.5 cm³/mol. The fraction of sp³-hybridized carbons (Fsp3) is 0.529. The van der Waals surface area contributed by atoms with Crippen molar-refractivity contribution in [2.24, 2.45) is 0 Å². The third-order valence-electron chi connectivity index (χ3n) is 3.75. The summed E-state index contributed by atoms with van der Waals surface area (Å²) in [4.78, 5) is 14.4. The maximum absolute atomic E-state index is 12.5. The van der Waals surface area contributed by atoms with Crippen molar-refractivity contribution in [2.45, 2.75) is 58.8 Å². The fourth-order valence-corrected chi connectivity index (χ4v) is 3.59. The Balaban J connectivity index is 2.15. The van der Waals surface area contributed by atoms with Crippen LogP contribution < -0.4 is 0 Å². The average Bonchev–Trinajstić information content (AvgIpc) is 2.92. The van der Waals surface area contributed by atoms with Crippen LogP contribution in [0.3, 0.4) is 0 Å². The van der Waals surface area contributed by atoms with Crippen molar-refractivity contribution in [3.63, 3.8) is 0 Å². The van der Waals surface area contributed by atoms with Gasteiger partial charge in [-0.2, -0.15) is 4.68 Å². The molecule has 130 valence electrons. The summed E-state index contributed by atoms with van der Waals surface area (Å²) in [5.41, 5.74) is 3.23. The van der Waals surface area contributed by atoms with E-state index in [1.165, 1.54) is 17.3 Å². The van der Waals surface area contributed by atoms with Crippen molar-refractivity contribution in [2.75, 3.05) is 5.75 Å². The third kappa shape index (κ3) is 4.14. The van der Waals surface area contributed by atoms with E-state index in [0.29, 0.717) is 10.9 Å². The van der Waals surface area contributed by atoms with E-state index in [2.05, 4.69) is 28.5 Å². The Morgan fingerprint density at radius 3 is 2.46 bits per heavy atom. The first-order valence-corrected chi connectivity index (χ1v) is 9.09. The van der Waals surface area contributed by atoms with E-state index in [-0.39, 0.29) is 18.0 Å². The predicted octanol–water partition coefficient (Wildman–Crippen LogP) is 3.02. The van der Waals surface area contributed by atoms with Gasteiger partial charge in [0.2, 0.25) is 11.1 Å². The zero-order valence-electron chi connectivity index (χ0n) is 15.1. The van der Waals surface area contributed by atoms with Gasteiger partial charge >= 0.3 is 0 Å². The van der Waals surface area contributed by atoms with Crippen molar-refractivity contribution in [1.82, 2.24) is 25.1 Å². The molecule has 24 heavy (non-hydrogen) atoms. The Bertz CT molecular complexity index is 703. The summed E-state index contributed by atoms with van der Waals surface area (Å²) < 4.78 is 1.70. The lowest BCUT2D eigenvalue weighted by atomic mass is 10.1. The second-order valence-corrected chi connectivity index (χ2v) is 7.38. The van der Waals surface area contributed by atoms with Gasteiger partial charge in [0.1, 0.15) is 0 Å². The average molecular weight is 347 g/mol. The van der Waals surface area contributed by atoms with E-state index >= 15 is 0 Å². The van der Waals surface area contributed by atoms with Gasteiger partial charge < -0.3 is 4.90 Å². The van der Waals surface area contributed by atoms with Gasteiger partial charge in [0.15, 0.2) is 0 Å². The summed E-state index contributed by atoms with van der Waals surface area (Å²) in [7, 11) is 0. The third-order valence-corrected chi connectivity index (χ3v) is 4.65. The second kappa shape index (κ2) is 7.79. The highest BCUT2D eigenvalue weighted by Gasteiger charge is 2.21. The van der Waals surface area contributed by atoms with Crippen LogP contribution in [-0.2, 0) is 4.79 Å². The molecule has 0 saturated carbocycles. The smallest absolute Gasteiger partial charge is 0.233 e. The summed E-state index contributed by atoms with van der Waals surface area (Å²) in [6, 6.07) is 6.47. The van der Waals surface area contributed by atoms with Crippen LogP contribution in [0, 0.1) is 13.8 Å². The second-order valence-electron chi connectivity index (χ2n) is 6.44. The van der Waals surface area contributed by atoms with E-state index in [1.54, 1.807) is 4.68 Å². The Kier molecular flexibility index (Phi) is 5.99. The molecule has 0 aliphatic rings. The molecule has 1 aromatic carbocycles. The first kappa shape index (κ1) is 18.4. The zero-order valence-corrected chi connectivity index (χ0v) is 16.0. The van der Waals surface area contributed by atoms with Gasteiger partial charge in [0, 0.05) is 12.1 Å². The minimum atomic E-state index is 0.0974. The van der Waals surface area contributed by atoms with Gasteiger partial charge in [-0.1, -0.05) is 29.5 Å². The lowest BCUT2D eigenvalue weighted by Gasteiger charge is -2.30. The van der Waals surface area contributed by atoms with Crippen LogP contribution in [0.1, 0.15) is 38.8 Å². The monoisotopic (exact) mass is 347 g/mol. The molecule has 7 heteroatoms. The molecule has 2 rings (SSSR count). The molecule has 0 aliphatic carbocycles. The van der Waals surface area contributed by atoms with E-state index in [4.69, 9.17) is 0 Å².